The van der Waals surface area contributed by atoms with E-state index >= 15 is 0 Å². The van der Waals surface area contributed by atoms with Crippen molar-refractivity contribution >= 4 is 8.56 Å². The van der Waals surface area contributed by atoms with Crippen LogP contribution in [0.4, 0.5) is 0 Å². The van der Waals surface area contributed by atoms with Crippen molar-refractivity contribution in [3.05, 3.63) is 0 Å². The van der Waals surface area contributed by atoms with Gasteiger partial charge < -0.3 is 8.85 Å². The van der Waals surface area contributed by atoms with Crippen molar-refractivity contribution in [2.75, 3.05) is 7.11 Å². The SMILES string of the molecule is CCC(C)(CC)O[Si](C)(OC)C(C)(C)C. The van der Waals surface area contributed by atoms with Crippen molar-refractivity contribution in [2.24, 2.45) is 0 Å². The zero-order chi connectivity index (χ0) is 12.3. The van der Waals surface area contributed by atoms with Crippen LogP contribution in [0, 0.1) is 0 Å². The first-order valence-electron chi connectivity index (χ1n) is 5.89. The van der Waals surface area contributed by atoms with Crippen LogP contribution in [0.5, 0.6) is 0 Å². The zero-order valence-electron chi connectivity index (χ0n) is 11.7. The molecule has 0 aromatic rings. The first-order chi connectivity index (χ1) is 6.64. The Bertz CT molecular complexity index is 194. The molecule has 92 valence electrons. The van der Waals surface area contributed by atoms with Crippen LogP contribution in [0.15, 0.2) is 0 Å². The third-order valence-electron chi connectivity index (χ3n) is 3.69. The minimum Gasteiger partial charge on any atom is -0.397 e. The molecular formula is C12H28O2Si. The molecule has 0 aromatic carbocycles. The normalized spacial score (nSPS) is 17.6. The Kier molecular flexibility index (Phi) is 5.02. The van der Waals surface area contributed by atoms with E-state index < -0.39 is 8.56 Å². The van der Waals surface area contributed by atoms with E-state index in [-0.39, 0.29) is 10.6 Å². The first-order valence-corrected chi connectivity index (χ1v) is 8.21. The second-order valence-electron chi connectivity index (χ2n) is 5.66. The van der Waals surface area contributed by atoms with Crippen LogP contribution < -0.4 is 0 Å². The maximum atomic E-state index is 6.35. The van der Waals surface area contributed by atoms with Crippen LogP contribution in [-0.4, -0.2) is 21.3 Å². The molecule has 0 fully saturated rings. The van der Waals surface area contributed by atoms with E-state index in [1.54, 1.807) is 7.11 Å². The summed E-state index contributed by atoms with van der Waals surface area (Å²) < 4.78 is 12.1. The average molecular weight is 232 g/mol. The monoisotopic (exact) mass is 232 g/mol. The predicted octanol–water partition coefficient (Wildman–Crippen LogP) is 4.10. The van der Waals surface area contributed by atoms with E-state index in [4.69, 9.17) is 8.85 Å². The Morgan fingerprint density at radius 2 is 1.40 bits per heavy atom. The minimum atomic E-state index is -2.10. The summed E-state index contributed by atoms with van der Waals surface area (Å²) in [6.45, 7) is 15.3. The minimum absolute atomic E-state index is 0.0374. The summed E-state index contributed by atoms with van der Waals surface area (Å²) in [6, 6.07) is 0. The average Bonchev–Trinajstić information content (AvgIpc) is 2.15. The maximum Gasteiger partial charge on any atom is 0.340 e. The molecule has 0 bridgehead atoms. The lowest BCUT2D eigenvalue weighted by Gasteiger charge is -2.43. The van der Waals surface area contributed by atoms with Crippen molar-refractivity contribution in [3.63, 3.8) is 0 Å². The third-order valence-corrected chi connectivity index (χ3v) is 8.07. The van der Waals surface area contributed by atoms with Gasteiger partial charge in [0.1, 0.15) is 0 Å². The lowest BCUT2D eigenvalue weighted by atomic mass is 10.0. The molecule has 0 saturated carbocycles. The summed E-state index contributed by atoms with van der Waals surface area (Å²) in [4.78, 5) is 0. The molecule has 0 heterocycles. The first kappa shape index (κ1) is 15.1. The molecule has 2 nitrogen and oxygen atoms in total. The van der Waals surface area contributed by atoms with Crippen LogP contribution in [0.3, 0.4) is 0 Å². The molecule has 15 heavy (non-hydrogen) atoms. The fourth-order valence-corrected chi connectivity index (χ4v) is 3.60. The number of hydrogen-bond acceptors (Lipinski definition) is 2. The van der Waals surface area contributed by atoms with E-state index in [2.05, 4.69) is 48.1 Å². The smallest absolute Gasteiger partial charge is 0.340 e. The van der Waals surface area contributed by atoms with E-state index in [9.17, 15) is 0 Å². The Labute approximate surface area is 96.6 Å². The van der Waals surface area contributed by atoms with Crippen LogP contribution in [0.2, 0.25) is 11.6 Å². The zero-order valence-corrected chi connectivity index (χ0v) is 12.7. The van der Waals surface area contributed by atoms with Gasteiger partial charge in [-0.3, -0.25) is 0 Å². The molecule has 1 atom stereocenters. The van der Waals surface area contributed by atoms with Crippen molar-refractivity contribution < 1.29 is 8.85 Å². The molecule has 0 radical (unpaired) electrons. The maximum absolute atomic E-state index is 6.35. The summed E-state index contributed by atoms with van der Waals surface area (Å²) in [7, 11) is -0.321. The molecule has 0 aliphatic carbocycles. The Balaban J connectivity index is 4.86. The molecule has 1 unspecified atom stereocenters. The molecular weight excluding hydrogens is 204 g/mol. The molecule has 0 aromatic heterocycles. The lowest BCUT2D eigenvalue weighted by Crippen LogP contribution is -2.52. The summed E-state index contributed by atoms with van der Waals surface area (Å²) in [5.41, 5.74) is -0.0374. The molecule has 0 aliphatic rings. The highest BCUT2D eigenvalue weighted by atomic mass is 28.4. The van der Waals surface area contributed by atoms with Crippen LogP contribution in [0.1, 0.15) is 54.4 Å². The molecule has 0 saturated heterocycles. The van der Waals surface area contributed by atoms with Crippen molar-refractivity contribution in [2.45, 2.75) is 71.6 Å². The second kappa shape index (κ2) is 4.98. The topological polar surface area (TPSA) is 18.5 Å². The van der Waals surface area contributed by atoms with Gasteiger partial charge in [0.15, 0.2) is 0 Å². The highest BCUT2D eigenvalue weighted by molar-refractivity contribution is 6.69. The fourth-order valence-electron chi connectivity index (χ4n) is 1.37. The molecule has 3 heteroatoms. The Morgan fingerprint density at radius 3 is 1.60 bits per heavy atom. The molecule has 0 aliphatic heterocycles. The van der Waals surface area contributed by atoms with E-state index in [0.29, 0.717) is 0 Å². The number of hydrogen-bond donors (Lipinski definition) is 0. The van der Waals surface area contributed by atoms with Gasteiger partial charge in [-0.1, -0.05) is 34.6 Å². The van der Waals surface area contributed by atoms with Crippen LogP contribution >= 0.6 is 0 Å². The molecule has 0 spiro atoms. The number of rotatable bonds is 5. The van der Waals surface area contributed by atoms with Gasteiger partial charge in [0.25, 0.3) is 0 Å². The van der Waals surface area contributed by atoms with Gasteiger partial charge in [-0.25, -0.2) is 0 Å². The van der Waals surface area contributed by atoms with Crippen molar-refractivity contribution in [3.8, 4) is 0 Å². The van der Waals surface area contributed by atoms with E-state index in [1.807, 2.05) is 0 Å². The highest BCUT2D eigenvalue weighted by Crippen LogP contribution is 2.40. The standard InChI is InChI=1S/C12H28O2Si/c1-9-12(6,10-2)14-15(8,13-7)11(3,4)5/h9-10H2,1-8H3. The Hall–Kier alpha value is 0.137. The summed E-state index contributed by atoms with van der Waals surface area (Å²) in [5.74, 6) is 0. The Morgan fingerprint density at radius 1 is 1.00 bits per heavy atom. The van der Waals surface area contributed by atoms with Crippen LogP contribution in [0.25, 0.3) is 0 Å². The summed E-state index contributed by atoms with van der Waals surface area (Å²) in [5, 5.41) is 0.105. The van der Waals surface area contributed by atoms with Gasteiger partial charge in [0, 0.05) is 12.1 Å². The van der Waals surface area contributed by atoms with Crippen molar-refractivity contribution in [1.29, 1.82) is 0 Å². The van der Waals surface area contributed by atoms with Gasteiger partial charge in [-0.05, 0) is 26.3 Å². The van der Waals surface area contributed by atoms with Gasteiger partial charge >= 0.3 is 8.56 Å². The van der Waals surface area contributed by atoms with Gasteiger partial charge in [0.05, 0.1) is 5.60 Å². The third kappa shape index (κ3) is 3.57. The molecule has 0 amide bonds. The highest BCUT2D eigenvalue weighted by Gasteiger charge is 2.47. The predicted molar refractivity (Wildman–Crippen MR) is 68.4 cm³/mol. The van der Waals surface area contributed by atoms with Crippen LogP contribution in [-0.2, 0) is 8.85 Å². The largest absolute Gasteiger partial charge is 0.397 e. The van der Waals surface area contributed by atoms with Gasteiger partial charge in [-0.2, -0.15) is 0 Å². The summed E-state index contributed by atoms with van der Waals surface area (Å²) in [6.07, 6.45) is 2.07. The second-order valence-corrected chi connectivity index (χ2v) is 9.66. The van der Waals surface area contributed by atoms with Gasteiger partial charge in [0.2, 0.25) is 0 Å². The summed E-state index contributed by atoms with van der Waals surface area (Å²) >= 11 is 0. The van der Waals surface area contributed by atoms with Crippen molar-refractivity contribution in [1.82, 2.24) is 0 Å². The van der Waals surface area contributed by atoms with E-state index in [1.165, 1.54) is 0 Å². The fraction of sp³-hybridized carbons (Fsp3) is 1.00. The van der Waals surface area contributed by atoms with Gasteiger partial charge in [-0.15, -0.1) is 0 Å². The quantitative estimate of drug-likeness (QED) is 0.664. The van der Waals surface area contributed by atoms with E-state index in [0.717, 1.165) is 12.8 Å². The molecule has 0 N–H and O–H groups in total. The molecule has 0 rings (SSSR count). The lowest BCUT2D eigenvalue weighted by molar-refractivity contribution is 0.0276.